The number of carbonyl (C=O) groups is 1. The van der Waals surface area contributed by atoms with Gasteiger partial charge in [-0.05, 0) is 45.0 Å². The number of nitrogens with two attached hydrogens (primary N) is 1. The molecule has 3 N–H and O–H groups in total. The van der Waals surface area contributed by atoms with Crippen LogP contribution in [0, 0.1) is 0 Å². The maximum atomic E-state index is 12.3. The van der Waals surface area contributed by atoms with E-state index in [2.05, 4.69) is 10.3 Å². The van der Waals surface area contributed by atoms with E-state index in [0.29, 0.717) is 18.7 Å². The van der Waals surface area contributed by atoms with Crippen molar-refractivity contribution in [3.8, 4) is 5.75 Å². The van der Waals surface area contributed by atoms with E-state index in [-0.39, 0.29) is 18.1 Å². The molecule has 0 bridgehead atoms. The van der Waals surface area contributed by atoms with Gasteiger partial charge in [0.25, 0.3) is 5.91 Å². The van der Waals surface area contributed by atoms with Gasteiger partial charge in [0.15, 0.2) is 0 Å². The van der Waals surface area contributed by atoms with Gasteiger partial charge in [0.05, 0.1) is 17.2 Å². The predicted octanol–water partition coefficient (Wildman–Crippen LogP) is 2.92. The lowest BCUT2D eigenvalue weighted by molar-refractivity contribution is 0.0935. The zero-order valence-electron chi connectivity index (χ0n) is 13.7. The number of hydrogen-bond acceptors (Lipinski definition) is 5. The van der Waals surface area contributed by atoms with Crippen molar-refractivity contribution in [3.63, 3.8) is 0 Å². The standard InChI is InChI=1S/C17H23N3O2S/c1-11(2)22-14-6-4-5-13(9-14)12(3)19-17(21)15-10-23-16(20-15)7-8-18/h4-6,9-12H,7-8,18H2,1-3H3,(H,19,21). The smallest absolute Gasteiger partial charge is 0.271 e. The first-order valence-corrected chi connectivity index (χ1v) is 8.59. The largest absolute Gasteiger partial charge is 0.491 e. The Balaban J connectivity index is 2.02. The molecule has 0 spiro atoms. The van der Waals surface area contributed by atoms with Crippen LogP contribution in [-0.4, -0.2) is 23.5 Å². The average Bonchev–Trinajstić information content (AvgIpc) is 2.96. The summed E-state index contributed by atoms with van der Waals surface area (Å²) in [5.74, 6) is 0.629. The molecule has 1 aromatic heterocycles. The Morgan fingerprint density at radius 1 is 1.39 bits per heavy atom. The number of nitrogens with one attached hydrogen (secondary N) is 1. The highest BCUT2D eigenvalue weighted by Gasteiger charge is 2.15. The maximum absolute atomic E-state index is 12.3. The number of hydrogen-bond donors (Lipinski definition) is 2. The molecule has 0 aliphatic carbocycles. The molecular weight excluding hydrogens is 310 g/mol. The fourth-order valence-electron chi connectivity index (χ4n) is 2.14. The molecular formula is C17H23N3O2S. The molecule has 1 amide bonds. The molecule has 124 valence electrons. The molecule has 23 heavy (non-hydrogen) atoms. The molecule has 1 heterocycles. The Hall–Kier alpha value is -1.92. The van der Waals surface area contributed by atoms with Crippen LogP contribution in [0.2, 0.25) is 0 Å². The lowest BCUT2D eigenvalue weighted by atomic mass is 10.1. The van der Waals surface area contributed by atoms with Gasteiger partial charge < -0.3 is 15.8 Å². The summed E-state index contributed by atoms with van der Waals surface area (Å²) >= 11 is 1.46. The molecule has 0 saturated carbocycles. The van der Waals surface area contributed by atoms with Gasteiger partial charge in [0.2, 0.25) is 0 Å². The van der Waals surface area contributed by atoms with Gasteiger partial charge >= 0.3 is 0 Å². The molecule has 2 rings (SSSR count). The molecule has 0 saturated heterocycles. The number of rotatable bonds is 7. The third kappa shape index (κ3) is 5.04. The van der Waals surface area contributed by atoms with Gasteiger partial charge in [-0.2, -0.15) is 0 Å². The summed E-state index contributed by atoms with van der Waals surface area (Å²) in [5.41, 5.74) is 6.94. The van der Waals surface area contributed by atoms with Gasteiger partial charge in [0.1, 0.15) is 11.4 Å². The monoisotopic (exact) mass is 333 g/mol. The second-order valence-corrected chi connectivity index (χ2v) is 6.54. The molecule has 1 atom stereocenters. The Bertz CT molecular complexity index is 655. The first kappa shape index (κ1) is 17.4. The number of nitrogens with zero attached hydrogens (tertiary/aromatic N) is 1. The van der Waals surface area contributed by atoms with Crippen LogP contribution in [0.1, 0.15) is 47.9 Å². The minimum absolute atomic E-state index is 0.117. The molecule has 0 aliphatic heterocycles. The van der Waals surface area contributed by atoms with Crippen molar-refractivity contribution in [1.82, 2.24) is 10.3 Å². The normalized spacial score (nSPS) is 12.2. The Kier molecular flexibility index (Phi) is 6.12. The van der Waals surface area contributed by atoms with Crippen molar-refractivity contribution in [2.24, 2.45) is 5.73 Å². The van der Waals surface area contributed by atoms with Crippen molar-refractivity contribution in [3.05, 3.63) is 45.9 Å². The lowest BCUT2D eigenvalue weighted by Crippen LogP contribution is -2.27. The van der Waals surface area contributed by atoms with Crippen molar-refractivity contribution in [1.29, 1.82) is 0 Å². The van der Waals surface area contributed by atoms with Crippen molar-refractivity contribution >= 4 is 17.2 Å². The number of amides is 1. The molecule has 0 radical (unpaired) electrons. The second kappa shape index (κ2) is 8.08. The Morgan fingerprint density at radius 2 is 2.17 bits per heavy atom. The summed E-state index contributed by atoms with van der Waals surface area (Å²) in [4.78, 5) is 16.6. The quantitative estimate of drug-likeness (QED) is 0.817. The van der Waals surface area contributed by atoms with E-state index in [1.54, 1.807) is 5.38 Å². The predicted molar refractivity (Wildman–Crippen MR) is 93.0 cm³/mol. The van der Waals surface area contributed by atoms with Gasteiger partial charge in [-0.1, -0.05) is 12.1 Å². The summed E-state index contributed by atoms with van der Waals surface area (Å²) < 4.78 is 5.69. The molecule has 0 aliphatic rings. The number of carbonyl (C=O) groups excluding carboxylic acids is 1. The van der Waals surface area contributed by atoms with Crippen LogP contribution in [0.15, 0.2) is 29.6 Å². The number of benzene rings is 1. The molecule has 0 fully saturated rings. The van der Waals surface area contributed by atoms with E-state index in [0.717, 1.165) is 16.3 Å². The van der Waals surface area contributed by atoms with E-state index in [9.17, 15) is 4.79 Å². The van der Waals surface area contributed by atoms with Crippen LogP contribution in [-0.2, 0) is 6.42 Å². The van der Waals surface area contributed by atoms with Crippen LogP contribution in [0.25, 0.3) is 0 Å². The molecule has 2 aromatic rings. The molecule has 1 unspecified atom stereocenters. The number of ether oxygens (including phenoxy) is 1. The third-order valence-electron chi connectivity index (χ3n) is 3.22. The third-order valence-corrected chi connectivity index (χ3v) is 4.13. The summed E-state index contributed by atoms with van der Waals surface area (Å²) in [6.45, 7) is 6.45. The summed E-state index contributed by atoms with van der Waals surface area (Å²) in [5, 5.41) is 5.62. The zero-order chi connectivity index (χ0) is 16.8. The topological polar surface area (TPSA) is 77.2 Å². The van der Waals surface area contributed by atoms with Crippen LogP contribution >= 0.6 is 11.3 Å². The van der Waals surface area contributed by atoms with Gasteiger partial charge in [0, 0.05) is 11.8 Å². The van der Waals surface area contributed by atoms with Crippen LogP contribution in [0.3, 0.4) is 0 Å². The minimum Gasteiger partial charge on any atom is -0.491 e. The number of thiazole rings is 1. The highest BCUT2D eigenvalue weighted by atomic mass is 32.1. The van der Waals surface area contributed by atoms with E-state index in [1.165, 1.54) is 11.3 Å². The zero-order valence-corrected chi connectivity index (χ0v) is 14.5. The summed E-state index contributed by atoms with van der Waals surface area (Å²) in [6, 6.07) is 7.64. The fourth-order valence-corrected chi connectivity index (χ4v) is 2.93. The highest BCUT2D eigenvalue weighted by molar-refractivity contribution is 7.09. The summed E-state index contributed by atoms with van der Waals surface area (Å²) in [7, 11) is 0. The van der Waals surface area contributed by atoms with Gasteiger partial charge in [-0.3, -0.25) is 4.79 Å². The molecule has 6 heteroatoms. The SMILES string of the molecule is CC(C)Oc1cccc(C(C)NC(=O)c2csc(CCN)n2)c1. The first-order chi connectivity index (χ1) is 11.0. The fraction of sp³-hybridized carbons (Fsp3) is 0.412. The average molecular weight is 333 g/mol. The van der Waals surface area contributed by atoms with E-state index in [4.69, 9.17) is 10.5 Å². The van der Waals surface area contributed by atoms with Gasteiger partial charge in [-0.25, -0.2) is 4.98 Å². The minimum atomic E-state index is -0.174. The molecule has 1 aromatic carbocycles. The van der Waals surface area contributed by atoms with Crippen molar-refractivity contribution in [2.45, 2.75) is 39.3 Å². The Morgan fingerprint density at radius 3 is 2.87 bits per heavy atom. The second-order valence-electron chi connectivity index (χ2n) is 5.60. The van der Waals surface area contributed by atoms with Gasteiger partial charge in [-0.15, -0.1) is 11.3 Å². The summed E-state index contributed by atoms with van der Waals surface area (Å²) in [6.07, 6.45) is 0.813. The van der Waals surface area contributed by atoms with Crippen LogP contribution in [0.5, 0.6) is 5.75 Å². The lowest BCUT2D eigenvalue weighted by Gasteiger charge is -2.16. The van der Waals surface area contributed by atoms with E-state index < -0.39 is 0 Å². The maximum Gasteiger partial charge on any atom is 0.271 e. The number of aromatic nitrogens is 1. The van der Waals surface area contributed by atoms with Crippen molar-refractivity contribution < 1.29 is 9.53 Å². The van der Waals surface area contributed by atoms with Crippen LogP contribution < -0.4 is 15.8 Å². The first-order valence-electron chi connectivity index (χ1n) is 7.71. The van der Waals surface area contributed by atoms with E-state index >= 15 is 0 Å². The highest BCUT2D eigenvalue weighted by Crippen LogP contribution is 2.20. The van der Waals surface area contributed by atoms with Crippen LogP contribution in [0.4, 0.5) is 0 Å². The van der Waals surface area contributed by atoms with E-state index in [1.807, 2.05) is 45.0 Å². The molecule has 5 nitrogen and oxygen atoms in total. The Labute approximate surface area is 140 Å². The van der Waals surface area contributed by atoms with Crippen molar-refractivity contribution in [2.75, 3.05) is 6.54 Å².